The topological polar surface area (TPSA) is 90.9 Å². The Bertz CT molecular complexity index is 765. The molecule has 9 heteroatoms. The lowest BCUT2D eigenvalue weighted by Crippen LogP contribution is -2.41. The smallest absolute Gasteiger partial charge is 0.338 e. The minimum absolute atomic E-state index is 0.0300. The van der Waals surface area contributed by atoms with Gasteiger partial charge in [-0.05, 0) is 38.0 Å². The number of carbonyl (C=O) groups is 1. The van der Waals surface area contributed by atoms with Gasteiger partial charge in [0.05, 0.1) is 36.3 Å². The van der Waals surface area contributed by atoms with E-state index in [-0.39, 0.29) is 17.9 Å². The van der Waals surface area contributed by atoms with Crippen molar-refractivity contribution in [1.29, 1.82) is 0 Å². The van der Waals surface area contributed by atoms with Gasteiger partial charge in [0, 0.05) is 12.8 Å². The van der Waals surface area contributed by atoms with E-state index in [2.05, 4.69) is 4.72 Å². The highest BCUT2D eigenvalue weighted by Crippen LogP contribution is 2.38. The number of hydrogen-bond donors (Lipinski definition) is 1. The molecule has 0 amide bonds. The van der Waals surface area contributed by atoms with E-state index in [9.17, 15) is 17.6 Å². The molecule has 0 radical (unpaired) electrons. The molecule has 1 spiro atoms. The van der Waals surface area contributed by atoms with Crippen LogP contribution >= 0.6 is 0 Å². The van der Waals surface area contributed by atoms with Crippen molar-refractivity contribution in [3.05, 3.63) is 29.6 Å². The van der Waals surface area contributed by atoms with Gasteiger partial charge in [-0.1, -0.05) is 0 Å². The first-order valence-corrected chi connectivity index (χ1v) is 10.2. The van der Waals surface area contributed by atoms with Crippen molar-refractivity contribution in [2.24, 2.45) is 0 Å². The molecule has 26 heavy (non-hydrogen) atoms. The van der Waals surface area contributed by atoms with Gasteiger partial charge in [-0.25, -0.2) is 17.6 Å². The van der Waals surface area contributed by atoms with Crippen molar-refractivity contribution in [1.82, 2.24) is 0 Å². The van der Waals surface area contributed by atoms with Crippen molar-refractivity contribution in [3.63, 3.8) is 0 Å². The Morgan fingerprint density at radius 1 is 1.31 bits per heavy atom. The Morgan fingerprint density at radius 3 is 2.54 bits per heavy atom. The summed E-state index contributed by atoms with van der Waals surface area (Å²) in [6.07, 6.45) is 1.72. The number of anilines is 1. The summed E-state index contributed by atoms with van der Waals surface area (Å²) in [7, 11) is -3.77. The maximum atomic E-state index is 14.2. The zero-order valence-corrected chi connectivity index (χ0v) is 15.3. The number of ether oxygens (including phenoxy) is 3. The number of hydrogen-bond acceptors (Lipinski definition) is 6. The largest absolute Gasteiger partial charge is 0.462 e. The van der Waals surface area contributed by atoms with E-state index in [1.54, 1.807) is 6.92 Å². The quantitative estimate of drug-likeness (QED) is 0.781. The third-order valence-electron chi connectivity index (χ3n) is 4.68. The predicted octanol–water partition coefficient (Wildman–Crippen LogP) is 2.43. The monoisotopic (exact) mass is 387 g/mol. The molecule has 1 heterocycles. The van der Waals surface area contributed by atoms with Gasteiger partial charge in [0.1, 0.15) is 5.82 Å². The fourth-order valence-corrected chi connectivity index (χ4v) is 4.80. The van der Waals surface area contributed by atoms with E-state index in [4.69, 9.17) is 14.2 Å². The highest BCUT2D eigenvalue weighted by Gasteiger charge is 2.43. The van der Waals surface area contributed by atoms with Gasteiger partial charge in [-0.3, -0.25) is 4.72 Å². The molecule has 0 aromatic heterocycles. The van der Waals surface area contributed by atoms with E-state index in [1.165, 1.54) is 12.1 Å². The van der Waals surface area contributed by atoms with Crippen molar-refractivity contribution >= 4 is 21.7 Å². The maximum absolute atomic E-state index is 14.2. The van der Waals surface area contributed by atoms with Crippen LogP contribution in [0.1, 0.15) is 43.0 Å². The maximum Gasteiger partial charge on any atom is 0.338 e. The van der Waals surface area contributed by atoms with Crippen molar-refractivity contribution in [3.8, 4) is 0 Å². The second-order valence-corrected chi connectivity index (χ2v) is 8.33. The second-order valence-electron chi connectivity index (χ2n) is 6.37. The van der Waals surface area contributed by atoms with Crippen LogP contribution in [0.5, 0.6) is 0 Å². The first-order valence-electron chi connectivity index (χ1n) is 8.61. The molecule has 1 N–H and O–H groups in total. The zero-order valence-electron chi connectivity index (χ0n) is 14.5. The molecule has 0 unspecified atom stereocenters. The summed E-state index contributed by atoms with van der Waals surface area (Å²) in [6.45, 7) is 2.86. The van der Waals surface area contributed by atoms with Gasteiger partial charge in [-0.2, -0.15) is 0 Å². The predicted molar refractivity (Wildman–Crippen MR) is 91.8 cm³/mol. The fourth-order valence-electron chi connectivity index (χ4n) is 3.30. The lowest BCUT2D eigenvalue weighted by molar-refractivity contribution is -0.176. The van der Waals surface area contributed by atoms with Crippen LogP contribution in [0.3, 0.4) is 0 Å². The van der Waals surface area contributed by atoms with Crippen LogP contribution in [0.15, 0.2) is 18.2 Å². The van der Waals surface area contributed by atoms with E-state index < -0.39 is 32.8 Å². The second kappa shape index (κ2) is 7.50. The highest BCUT2D eigenvalue weighted by molar-refractivity contribution is 7.93. The van der Waals surface area contributed by atoms with Crippen molar-refractivity contribution in [2.75, 3.05) is 24.5 Å². The molecular formula is C17H22FNO6S. The summed E-state index contributed by atoms with van der Waals surface area (Å²) in [5.41, 5.74) is -0.158. The summed E-state index contributed by atoms with van der Waals surface area (Å²) >= 11 is 0. The molecule has 1 aliphatic carbocycles. The van der Waals surface area contributed by atoms with E-state index in [1.807, 2.05) is 0 Å². The average Bonchev–Trinajstić information content (AvgIpc) is 3.05. The van der Waals surface area contributed by atoms with Crippen LogP contribution in [0.25, 0.3) is 0 Å². The molecule has 0 atom stereocenters. The minimum atomic E-state index is -3.77. The summed E-state index contributed by atoms with van der Waals surface area (Å²) in [6, 6.07) is 3.52. The van der Waals surface area contributed by atoms with E-state index in [0.717, 1.165) is 6.07 Å². The van der Waals surface area contributed by atoms with Crippen LogP contribution in [-0.2, 0) is 24.2 Å². The molecule has 0 bridgehead atoms. The van der Waals surface area contributed by atoms with Gasteiger partial charge < -0.3 is 14.2 Å². The molecule has 144 valence electrons. The Morgan fingerprint density at radius 2 is 1.96 bits per heavy atom. The summed E-state index contributed by atoms with van der Waals surface area (Å²) in [4.78, 5) is 11.6. The number of esters is 1. The Labute approximate surface area is 151 Å². The standard InChI is InChI=1S/C17H22FNO6S/c1-2-23-16(20)12-3-4-15(14(18)11-12)19-26(21,22)13-5-7-17(8-6-13)24-9-10-25-17/h3-4,11,13,19H,2,5-10H2,1H3. The number of halogens is 1. The first-order chi connectivity index (χ1) is 12.4. The van der Waals surface area contributed by atoms with Gasteiger partial charge in [0.2, 0.25) is 10.0 Å². The van der Waals surface area contributed by atoms with Gasteiger partial charge in [0.15, 0.2) is 5.79 Å². The number of sulfonamides is 1. The van der Waals surface area contributed by atoms with E-state index in [0.29, 0.717) is 38.9 Å². The SMILES string of the molecule is CCOC(=O)c1ccc(NS(=O)(=O)C2CCC3(CC2)OCCO3)c(F)c1. The molecule has 1 saturated carbocycles. The number of rotatable bonds is 5. The third kappa shape index (κ3) is 3.99. The molecule has 7 nitrogen and oxygen atoms in total. The average molecular weight is 387 g/mol. The van der Waals surface area contributed by atoms with E-state index >= 15 is 0 Å². The molecule has 2 fully saturated rings. The first kappa shape index (κ1) is 19.1. The fraction of sp³-hybridized carbons (Fsp3) is 0.588. The summed E-state index contributed by atoms with van der Waals surface area (Å²) < 4.78 is 57.7. The van der Waals surface area contributed by atoms with Crippen LogP contribution in [0.2, 0.25) is 0 Å². The normalized spacial score (nSPS) is 20.2. The van der Waals surface area contributed by atoms with Gasteiger partial charge in [0.25, 0.3) is 0 Å². The number of carbonyl (C=O) groups excluding carboxylic acids is 1. The lowest BCUT2D eigenvalue weighted by Gasteiger charge is -2.35. The van der Waals surface area contributed by atoms with Crippen LogP contribution in [0.4, 0.5) is 10.1 Å². The Hall–Kier alpha value is -1.71. The summed E-state index contributed by atoms with van der Waals surface area (Å²) in [5, 5.41) is -0.648. The molecule has 1 aromatic rings. The highest BCUT2D eigenvalue weighted by atomic mass is 32.2. The number of benzene rings is 1. The number of nitrogens with one attached hydrogen (secondary N) is 1. The molecule has 3 rings (SSSR count). The zero-order chi connectivity index (χ0) is 18.8. The molecule has 1 saturated heterocycles. The lowest BCUT2D eigenvalue weighted by atomic mass is 9.94. The summed E-state index contributed by atoms with van der Waals surface area (Å²) in [5.74, 6) is -2.14. The minimum Gasteiger partial charge on any atom is -0.462 e. The Kier molecular flexibility index (Phi) is 5.50. The van der Waals surface area contributed by atoms with Gasteiger partial charge in [-0.15, -0.1) is 0 Å². The molecule has 2 aliphatic rings. The third-order valence-corrected chi connectivity index (χ3v) is 6.53. The molecule has 1 aliphatic heterocycles. The van der Waals surface area contributed by atoms with Crippen molar-refractivity contribution < 1.29 is 31.8 Å². The Balaban J connectivity index is 1.67. The van der Waals surface area contributed by atoms with Crippen LogP contribution in [-0.4, -0.2) is 45.2 Å². The molecular weight excluding hydrogens is 365 g/mol. The van der Waals surface area contributed by atoms with Gasteiger partial charge >= 0.3 is 5.97 Å². The van der Waals surface area contributed by atoms with Crippen LogP contribution < -0.4 is 4.72 Å². The van der Waals surface area contributed by atoms with Crippen LogP contribution in [0, 0.1) is 5.82 Å². The van der Waals surface area contributed by atoms with Crippen molar-refractivity contribution in [2.45, 2.75) is 43.6 Å². The molecule has 1 aromatic carbocycles.